The van der Waals surface area contributed by atoms with Crippen molar-refractivity contribution in [3.05, 3.63) is 0 Å². The fourth-order valence-corrected chi connectivity index (χ4v) is 3.89. The molecule has 0 heterocycles. The summed E-state index contributed by atoms with van der Waals surface area (Å²) in [6, 6.07) is 0. The first-order chi connectivity index (χ1) is 10.9. The molecule has 0 saturated heterocycles. The van der Waals surface area contributed by atoms with Gasteiger partial charge >= 0.3 is 6.18 Å². The predicted molar refractivity (Wildman–Crippen MR) is 96.3 cm³/mol. The zero-order chi connectivity index (χ0) is 20.3. The van der Waals surface area contributed by atoms with E-state index in [0.717, 1.165) is 25.7 Å². The van der Waals surface area contributed by atoms with Crippen molar-refractivity contribution in [3.63, 3.8) is 0 Å². The number of aliphatic hydroxyl groups is 1. The number of carbonyl (C=O) groups excluding carboxylic acids is 1. The molecule has 1 N–H and O–H groups in total. The fourth-order valence-electron chi connectivity index (χ4n) is 3.89. The van der Waals surface area contributed by atoms with E-state index in [1.807, 2.05) is 6.92 Å². The Morgan fingerprint density at radius 1 is 0.920 bits per heavy atom. The minimum Gasteiger partial charge on any atom is -0.390 e. The smallest absolute Gasteiger partial charge is 0.390 e. The van der Waals surface area contributed by atoms with E-state index in [4.69, 9.17) is 0 Å². The monoisotopic (exact) mass is 366 g/mol. The summed E-state index contributed by atoms with van der Waals surface area (Å²) in [4.78, 5) is 10.4. The molecule has 25 heavy (non-hydrogen) atoms. The third-order valence-corrected chi connectivity index (χ3v) is 5.57. The number of hydrogen-bond donors (Lipinski definition) is 1. The van der Waals surface area contributed by atoms with Gasteiger partial charge in [-0.1, -0.05) is 41.5 Å². The summed E-state index contributed by atoms with van der Waals surface area (Å²) >= 11 is 0. The lowest BCUT2D eigenvalue weighted by Gasteiger charge is -2.38. The highest BCUT2D eigenvalue weighted by atomic mass is 19.4. The standard InChI is InChI=1S/C12H24O.C8H13F3O/c1-9-5-10(2)7-12(4,13)8-11(3)6-9;1-6(2,3)7(4,5-12)8(9,10)11/h9-11,13H,5-8H2,1-4H3;5H,1-4H3. The van der Waals surface area contributed by atoms with Crippen LogP contribution in [0.3, 0.4) is 0 Å². The normalized spacial score (nSPS) is 34.0. The number of halogens is 3. The molecule has 0 aromatic heterocycles. The van der Waals surface area contributed by atoms with Crippen molar-refractivity contribution >= 4 is 6.29 Å². The summed E-state index contributed by atoms with van der Waals surface area (Å²) < 4.78 is 37.1. The van der Waals surface area contributed by atoms with Crippen LogP contribution in [-0.4, -0.2) is 23.2 Å². The van der Waals surface area contributed by atoms with E-state index in [0.29, 0.717) is 11.8 Å². The predicted octanol–water partition coefficient (Wildman–Crippen LogP) is 6.02. The van der Waals surface area contributed by atoms with Crippen LogP contribution in [0.4, 0.5) is 13.2 Å². The van der Waals surface area contributed by atoms with E-state index in [1.54, 1.807) is 0 Å². The van der Waals surface area contributed by atoms with Gasteiger partial charge in [-0.25, -0.2) is 0 Å². The minimum atomic E-state index is -4.48. The Balaban J connectivity index is 0.000000463. The molecule has 3 unspecified atom stereocenters. The zero-order valence-electron chi connectivity index (χ0n) is 17.1. The van der Waals surface area contributed by atoms with Crippen molar-refractivity contribution in [2.45, 2.75) is 92.9 Å². The molecule has 0 spiro atoms. The highest BCUT2D eigenvalue weighted by Crippen LogP contribution is 2.48. The van der Waals surface area contributed by atoms with Gasteiger partial charge in [0.1, 0.15) is 11.7 Å². The first-order valence-electron chi connectivity index (χ1n) is 9.20. The average molecular weight is 367 g/mol. The molecule has 0 amide bonds. The quantitative estimate of drug-likeness (QED) is 0.576. The molecular weight excluding hydrogens is 329 g/mol. The Hall–Kier alpha value is -0.580. The molecule has 0 aliphatic heterocycles. The van der Waals surface area contributed by atoms with E-state index in [-0.39, 0.29) is 6.29 Å². The van der Waals surface area contributed by atoms with Crippen molar-refractivity contribution in [1.29, 1.82) is 0 Å². The molecule has 3 atom stereocenters. The van der Waals surface area contributed by atoms with Crippen LogP contribution >= 0.6 is 0 Å². The zero-order valence-corrected chi connectivity index (χ0v) is 17.1. The third kappa shape index (κ3) is 7.28. The summed E-state index contributed by atoms with van der Waals surface area (Å²) in [6.45, 7) is 14.0. The second-order valence-electron chi connectivity index (χ2n) is 9.76. The molecule has 1 aliphatic carbocycles. The molecule has 0 aromatic rings. The lowest BCUT2D eigenvalue weighted by Crippen LogP contribution is -2.47. The van der Waals surface area contributed by atoms with Gasteiger partial charge in [0.05, 0.1) is 5.60 Å². The van der Waals surface area contributed by atoms with Crippen LogP contribution < -0.4 is 0 Å². The van der Waals surface area contributed by atoms with Gasteiger partial charge in [0.2, 0.25) is 0 Å². The van der Waals surface area contributed by atoms with Crippen LogP contribution in [0.25, 0.3) is 0 Å². The Labute approximate surface area is 151 Å². The van der Waals surface area contributed by atoms with Crippen LogP contribution in [0.5, 0.6) is 0 Å². The van der Waals surface area contributed by atoms with Gasteiger partial charge in [-0.15, -0.1) is 0 Å². The topological polar surface area (TPSA) is 37.3 Å². The maximum atomic E-state index is 12.4. The van der Waals surface area contributed by atoms with Gasteiger partial charge in [0.15, 0.2) is 0 Å². The molecule has 1 saturated carbocycles. The Morgan fingerprint density at radius 3 is 1.48 bits per heavy atom. The van der Waals surface area contributed by atoms with Crippen LogP contribution in [0.15, 0.2) is 0 Å². The van der Waals surface area contributed by atoms with E-state index in [2.05, 4.69) is 20.8 Å². The van der Waals surface area contributed by atoms with Gasteiger partial charge in [0, 0.05) is 0 Å². The SMILES string of the molecule is CC(C)(C)C(C)(C=O)C(F)(F)F.CC1CC(C)CC(C)(O)CC(C)C1. The Kier molecular flexibility index (Phi) is 8.21. The highest BCUT2D eigenvalue weighted by Gasteiger charge is 2.58. The molecular formula is C20H37F3O2. The summed E-state index contributed by atoms with van der Waals surface area (Å²) in [5.74, 6) is 2.19. The summed E-state index contributed by atoms with van der Waals surface area (Å²) in [6.07, 6.45) is 0.00431. The number of alkyl halides is 3. The second-order valence-corrected chi connectivity index (χ2v) is 9.76. The van der Waals surface area contributed by atoms with Gasteiger partial charge < -0.3 is 9.90 Å². The van der Waals surface area contributed by atoms with Gasteiger partial charge in [-0.2, -0.15) is 13.2 Å². The van der Waals surface area contributed by atoms with E-state index in [1.165, 1.54) is 33.6 Å². The Morgan fingerprint density at radius 2 is 1.28 bits per heavy atom. The van der Waals surface area contributed by atoms with Crippen LogP contribution in [0.1, 0.15) is 81.1 Å². The average Bonchev–Trinajstić information content (AvgIpc) is 2.31. The number of aldehydes is 1. The van der Waals surface area contributed by atoms with Gasteiger partial charge in [-0.05, 0) is 62.7 Å². The number of rotatable bonds is 1. The molecule has 1 fully saturated rings. The lowest BCUT2D eigenvalue weighted by molar-refractivity contribution is -0.235. The summed E-state index contributed by atoms with van der Waals surface area (Å²) in [7, 11) is 0. The second kappa shape index (κ2) is 8.41. The van der Waals surface area contributed by atoms with Crippen molar-refractivity contribution in [3.8, 4) is 0 Å². The minimum absolute atomic E-state index is 0.0208. The number of carbonyl (C=O) groups is 1. The van der Waals surface area contributed by atoms with E-state index >= 15 is 0 Å². The molecule has 0 radical (unpaired) electrons. The molecule has 0 aromatic carbocycles. The maximum absolute atomic E-state index is 12.4. The maximum Gasteiger partial charge on any atom is 0.401 e. The molecule has 150 valence electrons. The van der Waals surface area contributed by atoms with Crippen molar-refractivity contribution in [2.24, 2.45) is 28.6 Å². The van der Waals surface area contributed by atoms with Crippen molar-refractivity contribution in [1.82, 2.24) is 0 Å². The van der Waals surface area contributed by atoms with Gasteiger partial charge in [0.25, 0.3) is 0 Å². The van der Waals surface area contributed by atoms with Crippen LogP contribution in [-0.2, 0) is 4.79 Å². The molecule has 1 aliphatic rings. The summed E-state index contributed by atoms with van der Waals surface area (Å²) in [5.41, 5.74) is -3.79. The Bertz CT molecular complexity index is 392. The molecule has 5 heteroatoms. The lowest BCUT2D eigenvalue weighted by atomic mass is 9.68. The van der Waals surface area contributed by atoms with Crippen LogP contribution in [0.2, 0.25) is 0 Å². The van der Waals surface area contributed by atoms with Crippen LogP contribution in [0, 0.1) is 28.6 Å². The van der Waals surface area contributed by atoms with E-state index < -0.39 is 22.6 Å². The third-order valence-electron chi connectivity index (χ3n) is 5.57. The van der Waals surface area contributed by atoms with Crippen molar-refractivity contribution < 1.29 is 23.1 Å². The highest BCUT2D eigenvalue weighted by molar-refractivity contribution is 5.61. The first kappa shape index (κ1) is 24.4. The molecule has 1 rings (SSSR count). The van der Waals surface area contributed by atoms with Gasteiger partial charge in [-0.3, -0.25) is 0 Å². The fraction of sp³-hybridized carbons (Fsp3) is 0.950. The van der Waals surface area contributed by atoms with E-state index in [9.17, 15) is 23.1 Å². The number of hydrogen-bond acceptors (Lipinski definition) is 2. The summed E-state index contributed by atoms with van der Waals surface area (Å²) in [5, 5.41) is 10.1. The molecule has 0 bridgehead atoms. The van der Waals surface area contributed by atoms with Crippen molar-refractivity contribution in [2.75, 3.05) is 0 Å². The molecule has 2 nitrogen and oxygen atoms in total. The largest absolute Gasteiger partial charge is 0.401 e. The first-order valence-corrected chi connectivity index (χ1v) is 9.20.